The van der Waals surface area contributed by atoms with Crippen LogP contribution >= 0.6 is 0 Å². The van der Waals surface area contributed by atoms with Crippen molar-refractivity contribution < 1.29 is 19.0 Å². The minimum absolute atomic E-state index is 0.196. The molecular formula is C15H21NO4. The summed E-state index contributed by atoms with van der Waals surface area (Å²) in [5.74, 6) is 0.885. The van der Waals surface area contributed by atoms with Crippen molar-refractivity contribution >= 4 is 5.97 Å². The van der Waals surface area contributed by atoms with Crippen LogP contribution in [0.25, 0.3) is 0 Å². The lowest BCUT2D eigenvalue weighted by Crippen LogP contribution is -2.39. The molecule has 0 radical (unpaired) electrons. The number of esters is 1. The predicted molar refractivity (Wildman–Crippen MR) is 75.1 cm³/mol. The number of para-hydroxylation sites is 2. The van der Waals surface area contributed by atoms with Crippen LogP contribution in [0.15, 0.2) is 24.3 Å². The van der Waals surface area contributed by atoms with Crippen LogP contribution in [0.3, 0.4) is 0 Å². The molecule has 1 aromatic rings. The Bertz CT molecular complexity index is 445. The Morgan fingerprint density at radius 2 is 2.00 bits per heavy atom. The Hall–Kier alpha value is -1.75. The number of hydrogen-bond acceptors (Lipinski definition) is 5. The molecule has 5 heteroatoms. The molecule has 0 aliphatic carbocycles. The number of fused-ring (bicyclic) bond motifs is 1. The highest BCUT2D eigenvalue weighted by Gasteiger charge is 2.28. The number of carbonyl (C=O) groups is 1. The van der Waals surface area contributed by atoms with Crippen molar-refractivity contribution in [3.63, 3.8) is 0 Å². The van der Waals surface area contributed by atoms with E-state index in [9.17, 15) is 4.79 Å². The highest BCUT2D eigenvalue weighted by Crippen LogP contribution is 2.31. The van der Waals surface area contributed by atoms with Gasteiger partial charge in [0.2, 0.25) is 6.10 Å². The van der Waals surface area contributed by atoms with Crippen molar-refractivity contribution in [1.29, 1.82) is 0 Å². The Kier molecular flexibility index (Phi) is 5.24. The van der Waals surface area contributed by atoms with E-state index in [1.165, 1.54) is 0 Å². The molecule has 1 aliphatic heterocycles. The molecule has 110 valence electrons. The van der Waals surface area contributed by atoms with Crippen molar-refractivity contribution in [3.8, 4) is 11.5 Å². The smallest absolute Gasteiger partial charge is 0.351 e. The minimum atomic E-state index is -0.679. The molecule has 1 aliphatic rings. The molecule has 1 heterocycles. The van der Waals surface area contributed by atoms with Crippen LogP contribution in [-0.2, 0) is 9.53 Å². The largest absolute Gasteiger partial charge is 0.485 e. The third kappa shape index (κ3) is 3.63. The first-order valence-electron chi connectivity index (χ1n) is 7.02. The highest BCUT2D eigenvalue weighted by atomic mass is 16.6. The van der Waals surface area contributed by atoms with Gasteiger partial charge in [-0.2, -0.15) is 0 Å². The first kappa shape index (κ1) is 14.7. The Balaban J connectivity index is 1.80. The topological polar surface area (TPSA) is 48.0 Å². The summed E-state index contributed by atoms with van der Waals surface area (Å²) in [6.45, 7) is 7.38. The number of rotatable bonds is 6. The lowest BCUT2D eigenvalue weighted by Gasteiger charge is -2.25. The summed E-state index contributed by atoms with van der Waals surface area (Å²) in [7, 11) is 0. The van der Waals surface area contributed by atoms with Crippen molar-refractivity contribution in [1.82, 2.24) is 4.90 Å². The van der Waals surface area contributed by atoms with E-state index in [4.69, 9.17) is 14.2 Å². The van der Waals surface area contributed by atoms with Gasteiger partial charge in [0.1, 0.15) is 13.2 Å². The minimum Gasteiger partial charge on any atom is -0.485 e. The number of carbonyl (C=O) groups excluding carboxylic acids is 1. The standard InChI is InChI=1S/C15H21NO4/c1-3-16(4-2)9-10-18-15(17)14-11-19-12-7-5-6-8-13(12)20-14/h5-8,14H,3-4,9-11H2,1-2H3. The SMILES string of the molecule is CCN(CC)CCOC(=O)C1COc2ccccc2O1. The molecular weight excluding hydrogens is 258 g/mol. The van der Waals surface area contributed by atoms with Gasteiger partial charge in [-0.1, -0.05) is 26.0 Å². The molecule has 0 aromatic heterocycles. The van der Waals surface area contributed by atoms with E-state index in [1.54, 1.807) is 6.07 Å². The van der Waals surface area contributed by atoms with E-state index in [-0.39, 0.29) is 12.6 Å². The van der Waals surface area contributed by atoms with E-state index in [2.05, 4.69) is 18.7 Å². The summed E-state index contributed by atoms with van der Waals surface area (Å²) < 4.78 is 16.3. The summed E-state index contributed by atoms with van der Waals surface area (Å²) >= 11 is 0. The fourth-order valence-electron chi connectivity index (χ4n) is 2.04. The van der Waals surface area contributed by atoms with Gasteiger partial charge in [-0.15, -0.1) is 0 Å². The quantitative estimate of drug-likeness (QED) is 0.742. The fraction of sp³-hybridized carbons (Fsp3) is 0.533. The number of likely N-dealkylation sites (N-methyl/N-ethyl adjacent to an activating group) is 1. The Morgan fingerprint density at radius 1 is 1.30 bits per heavy atom. The van der Waals surface area contributed by atoms with Gasteiger partial charge in [-0.25, -0.2) is 4.79 Å². The molecule has 1 unspecified atom stereocenters. The van der Waals surface area contributed by atoms with Gasteiger partial charge in [-0.05, 0) is 25.2 Å². The molecule has 20 heavy (non-hydrogen) atoms. The Labute approximate surface area is 119 Å². The second-order valence-corrected chi connectivity index (χ2v) is 4.56. The van der Waals surface area contributed by atoms with Gasteiger partial charge >= 0.3 is 5.97 Å². The van der Waals surface area contributed by atoms with E-state index in [0.717, 1.165) is 19.6 Å². The zero-order chi connectivity index (χ0) is 14.4. The normalized spacial score (nSPS) is 17.1. The molecule has 0 spiro atoms. The van der Waals surface area contributed by atoms with Crippen LogP contribution < -0.4 is 9.47 Å². The van der Waals surface area contributed by atoms with Crippen LogP contribution in [0.1, 0.15) is 13.8 Å². The predicted octanol–water partition coefficient (Wildman–Crippen LogP) is 1.71. The molecule has 0 N–H and O–H groups in total. The van der Waals surface area contributed by atoms with Gasteiger partial charge in [-0.3, -0.25) is 0 Å². The zero-order valence-electron chi connectivity index (χ0n) is 12.0. The molecule has 1 atom stereocenters. The van der Waals surface area contributed by atoms with Crippen LogP contribution in [0.4, 0.5) is 0 Å². The van der Waals surface area contributed by atoms with Crippen LogP contribution in [0, 0.1) is 0 Å². The summed E-state index contributed by atoms with van der Waals surface area (Å²) in [5, 5.41) is 0. The second-order valence-electron chi connectivity index (χ2n) is 4.56. The average molecular weight is 279 g/mol. The fourth-order valence-corrected chi connectivity index (χ4v) is 2.04. The summed E-state index contributed by atoms with van der Waals surface area (Å²) in [6, 6.07) is 7.31. The molecule has 0 fully saturated rings. The summed E-state index contributed by atoms with van der Waals surface area (Å²) in [6.07, 6.45) is -0.679. The molecule has 2 rings (SSSR count). The molecule has 5 nitrogen and oxygen atoms in total. The number of hydrogen-bond donors (Lipinski definition) is 0. The van der Waals surface area contributed by atoms with Gasteiger partial charge in [0, 0.05) is 6.54 Å². The van der Waals surface area contributed by atoms with Crippen molar-refractivity contribution in [2.75, 3.05) is 32.8 Å². The van der Waals surface area contributed by atoms with Crippen LogP contribution in [0.5, 0.6) is 11.5 Å². The molecule has 1 aromatic carbocycles. The monoisotopic (exact) mass is 279 g/mol. The lowest BCUT2D eigenvalue weighted by molar-refractivity contribution is -0.154. The maximum absolute atomic E-state index is 11.9. The third-order valence-corrected chi connectivity index (χ3v) is 3.32. The van der Waals surface area contributed by atoms with Crippen molar-refractivity contribution in [3.05, 3.63) is 24.3 Å². The highest BCUT2D eigenvalue weighted by molar-refractivity contribution is 5.76. The maximum atomic E-state index is 11.9. The summed E-state index contributed by atoms with van der Waals surface area (Å²) in [4.78, 5) is 14.1. The van der Waals surface area contributed by atoms with Crippen molar-refractivity contribution in [2.24, 2.45) is 0 Å². The van der Waals surface area contributed by atoms with Gasteiger partial charge in [0.15, 0.2) is 11.5 Å². The Morgan fingerprint density at radius 3 is 2.70 bits per heavy atom. The molecule has 0 saturated carbocycles. The lowest BCUT2D eigenvalue weighted by atomic mass is 10.2. The van der Waals surface area contributed by atoms with E-state index in [0.29, 0.717) is 18.1 Å². The average Bonchev–Trinajstić information content (AvgIpc) is 2.51. The van der Waals surface area contributed by atoms with Crippen molar-refractivity contribution in [2.45, 2.75) is 20.0 Å². The second kappa shape index (κ2) is 7.14. The molecule has 0 amide bonds. The third-order valence-electron chi connectivity index (χ3n) is 3.32. The van der Waals surface area contributed by atoms with E-state index < -0.39 is 6.10 Å². The first-order valence-corrected chi connectivity index (χ1v) is 7.02. The number of ether oxygens (including phenoxy) is 3. The van der Waals surface area contributed by atoms with Crippen LogP contribution in [-0.4, -0.2) is 49.8 Å². The van der Waals surface area contributed by atoms with E-state index >= 15 is 0 Å². The van der Waals surface area contributed by atoms with Gasteiger partial charge in [0.25, 0.3) is 0 Å². The van der Waals surface area contributed by atoms with Gasteiger partial charge in [0.05, 0.1) is 0 Å². The van der Waals surface area contributed by atoms with Gasteiger partial charge < -0.3 is 19.1 Å². The van der Waals surface area contributed by atoms with Crippen LogP contribution in [0.2, 0.25) is 0 Å². The molecule has 0 bridgehead atoms. The number of benzene rings is 1. The first-order chi connectivity index (χ1) is 9.74. The molecule has 0 saturated heterocycles. The summed E-state index contributed by atoms with van der Waals surface area (Å²) in [5.41, 5.74) is 0. The number of nitrogens with zero attached hydrogens (tertiary/aromatic N) is 1. The van der Waals surface area contributed by atoms with E-state index in [1.807, 2.05) is 18.2 Å². The maximum Gasteiger partial charge on any atom is 0.351 e. The zero-order valence-corrected chi connectivity index (χ0v) is 12.0.